The van der Waals surface area contributed by atoms with Gasteiger partial charge in [0.15, 0.2) is 5.65 Å². The lowest BCUT2D eigenvalue weighted by Crippen LogP contribution is -2.06. The monoisotopic (exact) mass is 529 g/mol. The predicted molar refractivity (Wildman–Crippen MR) is 133 cm³/mol. The number of nitrogens with zero attached hydrogens (tertiary/aromatic N) is 4. The highest BCUT2D eigenvalue weighted by Gasteiger charge is 2.27. The van der Waals surface area contributed by atoms with Crippen molar-refractivity contribution in [2.45, 2.75) is 9.92 Å². The SMILES string of the molecule is COc1cc(OC)c(Nc2nc3c(S(=O)(=O)c4ccccc4)nnn3c3ccc(Cl)cc23)cc1Cl. The number of benzene rings is 3. The fourth-order valence-corrected chi connectivity index (χ4v) is 5.30. The van der Waals surface area contributed by atoms with E-state index in [1.54, 1.807) is 48.5 Å². The second-order valence-electron chi connectivity index (χ2n) is 7.38. The molecule has 0 spiro atoms. The van der Waals surface area contributed by atoms with E-state index in [1.165, 1.54) is 30.9 Å². The lowest BCUT2D eigenvalue weighted by atomic mass is 10.2. The molecule has 0 radical (unpaired) electrons. The van der Waals surface area contributed by atoms with E-state index >= 15 is 0 Å². The molecule has 2 heterocycles. The predicted octanol–water partition coefficient (Wildman–Crippen LogP) is 5.18. The van der Waals surface area contributed by atoms with Gasteiger partial charge in [-0.1, -0.05) is 46.6 Å². The maximum absolute atomic E-state index is 13.3. The summed E-state index contributed by atoms with van der Waals surface area (Å²) in [6.45, 7) is 0. The van der Waals surface area contributed by atoms with Crippen molar-refractivity contribution >= 4 is 61.1 Å². The van der Waals surface area contributed by atoms with Crippen LogP contribution >= 0.6 is 23.2 Å². The van der Waals surface area contributed by atoms with E-state index in [2.05, 4.69) is 20.6 Å². The highest BCUT2D eigenvalue weighted by Crippen LogP contribution is 2.39. The number of halogens is 2. The number of hydrogen-bond donors (Lipinski definition) is 1. The maximum Gasteiger partial charge on any atom is 0.229 e. The molecular weight excluding hydrogens is 513 g/mol. The Kier molecular flexibility index (Phi) is 5.87. The molecule has 0 saturated carbocycles. The first-order valence-electron chi connectivity index (χ1n) is 10.2. The first kappa shape index (κ1) is 23.2. The summed E-state index contributed by atoms with van der Waals surface area (Å²) in [4.78, 5) is 4.68. The molecule has 1 N–H and O–H groups in total. The van der Waals surface area contributed by atoms with Crippen LogP contribution in [0.2, 0.25) is 10.0 Å². The summed E-state index contributed by atoms with van der Waals surface area (Å²) < 4.78 is 38.8. The van der Waals surface area contributed by atoms with Crippen LogP contribution in [0.4, 0.5) is 11.5 Å². The molecule has 5 rings (SSSR count). The van der Waals surface area contributed by atoms with Crippen molar-refractivity contribution in [1.29, 1.82) is 0 Å². The number of aromatic nitrogens is 4. The van der Waals surface area contributed by atoms with Crippen LogP contribution < -0.4 is 14.8 Å². The third-order valence-electron chi connectivity index (χ3n) is 5.31. The summed E-state index contributed by atoms with van der Waals surface area (Å²) in [6, 6.07) is 16.3. The molecule has 2 aromatic heterocycles. The van der Waals surface area contributed by atoms with Crippen LogP contribution in [0.5, 0.6) is 11.5 Å². The number of ether oxygens (including phenoxy) is 2. The average molecular weight is 530 g/mol. The number of fused-ring (bicyclic) bond motifs is 3. The number of anilines is 2. The lowest BCUT2D eigenvalue weighted by Gasteiger charge is -2.15. The largest absolute Gasteiger partial charge is 0.495 e. The standard InChI is InChI=1S/C23H17Cl2N5O4S/c1-33-19-12-20(34-2)17(11-16(19)25)26-21-15-10-13(24)8-9-18(15)30-22(27-21)23(28-29-30)35(31,32)14-6-4-3-5-7-14/h3-12H,1-2H3,(H,26,27). The topological polar surface area (TPSA) is 108 Å². The minimum Gasteiger partial charge on any atom is -0.495 e. The van der Waals surface area contributed by atoms with Crippen LogP contribution in [0.15, 0.2) is 70.6 Å². The van der Waals surface area contributed by atoms with Gasteiger partial charge in [0.1, 0.15) is 17.3 Å². The molecule has 0 saturated heterocycles. The van der Waals surface area contributed by atoms with Gasteiger partial charge >= 0.3 is 0 Å². The minimum absolute atomic E-state index is 0.0461. The first-order chi connectivity index (χ1) is 16.8. The van der Waals surface area contributed by atoms with Crippen LogP contribution in [-0.2, 0) is 9.84 Å². The zero-order chi connectivity index (χ0) is 24.7. The highest BCUT2D eigenvalue weighted by atomic mass is 35.5. The molecule has 0 amide bonds. The Bertz CT molecular complexity index is 1690. The fraction of sp³-hybridized carbons (Fsp3) is 0.0870. The van der Waals surface area contributed by atoms with Gasteiger partial charge in [-0.25, -0.2) is 13.4 Å². The molecule has 0 aliphatic rings. The van der Waals surface area contributed by atoms with E-state index in [0.717, 1.165) is 0 Å². The molecule has 9 nitrogen and oxygen atoms in total. The molecule has 12 heteroatoms. The normalized spacial score (nSPS) is 11.7. The fourth-order valence-electron chi connectivity index (χ4n) is 3.64. The molecule has 0 bridgehead atoms. The number of rotatable bonds is 6. The van der Waals surface area contributed by atoms with Gasteiger partial charge in [0.05, 0.1) is 35.3 Å². The first-order valence-corrected chi connectivity index (χ1v) is 12.4. The Morgan fingerprint density at radius 1 is 0.943 bits per heavy atom. The summed E-state index contributed by atoms with van der Waals surface area (Å²) >= 11 is 12.6. The summed E-state index contributed by atoms with van der Waals surface area (Å²) in [5, 5.41) is 12.3. The Hall–Kier alpha value is -3.60. The third-order valence-corrected chi connectivity index (χ3v) is 7.51. The van der Waals surface area contributed by atoms with E-state index in [0.29, 0.717) is 44.0 Å². The van der Waals surface area contributed by atoms with E-state index in [9.17, 15) is 8.42 Å². The van der Waals surface area contributed by atoms with Gasteiger partial charge in [0.25, 0.3) is 0 Å². The molecular formula is C23H17Cl2N5O4S. The third kappa shape index (κ3) is 3.99. The van der Waals surface area contributed by atoms with Crippen LogP contribution in [0.3, 0.4) is 0 Å². The molecule has 0 aliphatic heterocycles. The van der Waals surface area contributed by atoms with E-state index < -0.39 is 9.84 Å². The molecule has 3 aromatic carbocycles. The van der Waals surface area contributed by atoms with Crippen LogP contribution in [0.1, 0.15) is 0 Å². The Morgan fingerprint density at radius 3 is 2.40 bits per heavy atom. The summed E-state index contributed by atoms with van der Waals surface area (Å²) in [5.41, 5.74) is 1.07. The molecule has 178 valence electrons. The van der Waals surface area contributed by atoms with Gasteiger partial charge in [0.2, 0.25) is 14.9 Å². The number of sulfone groups is 1. The smallest absolute Gasteiger partial charge is 0.229 e. The van der Waals surface area contributed by atoms with Gasteiger partial charge in [-0.3, -0.25) is 0 Å². The Balaban J connectivity index is 1.76. The van der Waals surface area contributed by atoms with Crippen molar-refractivity contribution in [1.82, 2.24) is 19.8 Å². The second kappa shape index (κ2) is 8.88. The number of nitrogens with one attached hydrogen (secondary N) is 1. The van der Waals surface area contributed by atoms with Gasteiger partial charge in [0, 0.05) is 16.5 Å². The van der Waals surface area contributed by atoms with Crippen molar-refractivity contribution < 1.29 is 17.9 Å². The molecule has 0 atom stereocenters. The summed E-state index contributed by atoms with van der Waals surface area (Å²) in [5.74, 6) is 1.18. The van der Waals surface area contributed by atoms with Crippen LogP contribution in [0, 0.1) is 0 Å². The average Bonchev–Trinajstić information content (AvgIpc) is 3.29. The summed E-state index contributed by atoms with van der Waals surface area (Å²) in [6.07, 6.45) is 0. The molecule has 0 aliphatic carbocycles. The highest BCUT2D eigenvalue weighted by molar-refractivity contribution is 7.91. The number of hydrogen-bond acceptors (Lipinski definition) is 8. The van der Waals surface area contributed by atoms with Gasteiger partial charge in [-0.2, -0.15) is 4.52 Å². The summed E-state index contributed by atoms with van der Waals surface area (Å²) in [7, 11) is -0.985. The molecule has 35 heavy (non-hydrogen) atoms. The maximum atomic E-state index is 13.3. The molecule has 0 unspecified atom stereocenters. The second-order valence-corrected chi connectivity index (χ2v) is 10.1. The van der Waals surface area contributed by atoms with Crippen molar-refractivity contribution in [2.24, 2.45) is 0 Å². The van der Waals surface area contributed by atoms with Crippen molar-refractivity contribution in [3.8, 4) is 11.5 Å². The van der Waals surface area contributed by atoms with Gasteiger partial charge < -0.3 is 14.8 Å². The van der Waals surface area contributed by atoms with Crippen molar-refractivity contribution in [2.75, 3.05) is 19.5 Å². The van der Waals surface area contributed by atoms with Gasteiger partial charge in [-0.05, 0) is 36.4 Å². The Labute approximate surface area is 210 Å². The van der Waals surface area contributed by atoms with Gasteiger partial charge in [-0.15, -0.1) is 5.10 Å². The Morgan fingerprint density at radius 2 is 1.69 bits per heavy atom. The zero-order valence-electron chi connectivity index (χ0n) is 18.4. The van der Waals surface area contributed by atoms with E-state index in [1.807, 2.05) is 0 Å². The van der Waals surface area contributed by atoms with E-state index in [4.69, 9.17) is 32.7 Å². The van der Waals surface area contributed by atoms with Crippen molar-refractivity contribution in [3.05, 3.63) is 70.7 Å². The van der Waals surface area contributed by atoms with E-state index in [-0.39, 0.29) is 15.6 Å². The lowest BCUT2D eigenvalue weighted by molar-refractivity contribution is 0.396. The zero-order valence-corrected chi connectivity index (χ0v) is 20.7. The molecule has 0 fully saturated rings. The quantitative estimate of drug-likeness (QED) is 0.320. The van der Waals surface area contributed by atoms with Crippen LogP contribution in [-0.4, -0.2) is 42.4 Å². The van der Waals surface area contributed by atoms with Crippen LogP contribution in [0.25, 0.3) is 16.6 Å². The minimum atomic E-state index is -3.99. The van der Waals surface area contributed by atoms with Crippen molar-refractivity contribution in [3.63, 3.8) is 0 Å². The molecule has 5 aromatic rings. The number of methoxy groups -OCH3 is 2.